The molecule has 0 unspecified atom stereocenters. The minimum Gasteiger partial charge on any atom is -0.496 e. The third kappa shape index (κ3) is 3.77. The molecule has 4 heteroatoms. The van der Waals surface area contributed by atoms with Crippen molar-refractivity contribution in [2.24, 2.45) is 0 Å². The first-order valence-electron chi connectivity index (χ1n) is 5.47. The molecular weight excluding hydrogens is 270 g/mol. The smallest absolute Gasteiger partial charge is 0.133 e. The first kappa shape index (κ1) is 13.5. The molecular formula is C12H19BrNO2+. The van der Waals surface area contributed by atoms with Gasteiger partial charge in [0.05, 0.1) is 18.2 Å². The van der Waals surface area contributed by atoms with Gasteiger partial charge in [-0.15, -0.1) is 0 Å². The fourth-order valence-corrected chi connectivity index (χ4v) is 2.10. The normalized spacial score (nSPS) is 12.5. The van der Waals surface area contributed by atoms with Gasteiger partial charge in [-0.1, -0.05) is 6.92 Å². The van der Waals surface area contributed by atoms with E-state index in [0.29, 0.717) is 6.04 Å². The average molecular weight is 289 g/mol. The summed E-state index contributed by atoms with van der Waals surface area (Å²) in [5.41, 5.74) is 1.22. The molecule has 0 aliphatic carbocycles. The quantitative estimate of drug-likeness (QED) is 0.829. The molecule has 0 amide bonds. The zero-order valence-corrected chi connectivity index (χ0v) is 11.3. The first-order chi connectivity index (χ1) is 7.71. The molecule has 3 N–H and O–H groups in total. The van der Waals surface area contributed by atoms with E-state index >= 15 is 0 Å². The molecule has 0 bridgehead atoms. The van der Waals surface area contributed by atoms with Gasteiger partial charge >= 0.3 is 0 Å². The van der Waals surface area contributed by atoms with Crippen molar-refractivity contribution in [1.82, 2.24) is 0 Å². The lowest BCUT2D eigenvalue weighted by Crippen LogP contribution is -2.89. The van der Waals surface area contributed by atoms with Gasteiger partial charge in [0, 0.05) is 5.56 Å². The zero-order valence-electron chi connectivity index (χ0n) is 9.74. The molecule has 0 radical (unpaired) electrons. The lowest BCUT2D eigenvalue weighted by Gasteiger charge is -2.11. The van der Waals surface area contributed by atoms with Crippen molar-refractivity contribution in [2.75, 3.05) is 13.7 Å². The fourth-order valence-electron chi connectivity index (χ4n) is 1.51. The van der Waals surface area contributed by atoms with Crippen molar-refractivity contribution in [1.29, 1.82) is 0 Å². The minimum atomic E-state index is 0.230. The second-order valence-corrected chi connectivity index (χ2v) is 4.61. The zero-order chi connectivity index (χ0) is 12.0. The van der Waals surface area contributed by atoms with E-state index in [1.54, 1.807) is 7.11 Å². The van der Waals surface area contributed by atoms with Crippen molar-refractivity contribution < 1.29 is 15.2 Å². The van der Waals surface area contributed by atoms with Crippen LogP contribution >= 0.6 is 15.9 Å². The molecule has 3 nitrogen and oxygen atoms in total. The molecule has 0 saturated heterocycles. The Morgan fingerprint density at radius 2 is 2.25 bits per heavy atom. The highest BCUT2D eigenvalue weighted by molar-refractivity contribution is 9.10. The average Bonchev–Trinajstić information content (AvgIpc) is 2.30. The Hall–Kier alpha value is -0.580. The van der Waals surface area contributed by atoms with Gasteiger partial charge in [0.2, 0.25) is 0 Å². The maximum atomic E-state index is 9.08. The second-order valence-electron chi connectivity index (χ2n) is 3.76. The summed E-state index contributed by atoms with van der Waals surface area (Å²) >= 11 is 3.46. The summed E-state index contributed by atoms with van der Waals surface area (Å²) in [4.78, 5) is 0. The van der Waals surface area contributed by atoms with E-state index in [4.69, 9.17) is 9.84 Å². The van der Waals surface area contributed by atoms with Crippen molar-refractivity contribution in [2.45, 2.75) is 25.9 Å². The number of aliphatic hydroxyl groups excluding tert-OH is 1. The molecule has 0 fully saturated rings. The molecule has 1 rings (SSSR count). The van der Waals surface area contributed by atoms with Crippen LogP contribution in [0, 0.1) is 0 Å². The predicted molar refractivity (Wildman–Crippen MR) is 67.5 cm³/mol. The van der Waals surface area contributed by atoms with Gasteiger partial charge in [-0.3, -0.25) is 0 Å². The number of hydrogen-bond donors (Lipinski definition) is 2. The summed E-state index contributed by atoms with van der Waals surface area (Å²) in [6.45, 7) is 3.19. The Kier molecular flexibility index (Phi) is 5.80. The third-order valence-corrected chi connectivity index (χ3v) is 3.28. The lowest BCUT2D eigenvalue weighted by molar-refractivity contribution is -0.706. The van der Waals surface area contributed by atoms with E-state index in [9.17, 15) is 0 Å². The number of benzene rings is 1. The Morgan fingerprint density at radius 1 is 1.50 bits per heavy atom. The SMILES string of the molecule is CC[C@H](CO)[NH2+]Cc1ccc(OC)c(Br)c1. The monoisotopic (exact) mass is 288 g/mol. The number of hydrogen-bond acceptors (Lipinski definition) is 2. The molecule has 0 spiro atoms. The highest BCUT2D eigenvalue weighted by Crippen LogP contribution is 2.25. The minimum absolute atomic E-state index is 0.230. The fraction of sp³-hybridized carbons (Fsp3) is 0.500. The van der Waals surface area contributed by atoms with Crippen molar-refractivity contribution in [3.63, 3.8) is 0 Å². The van der Waals surface area contributed by atoms with Gasteiger partial charge in [0.15, 0.2) is 0 Å². The van der Waals surface area contributed by atoms with E-state index in [2.05, 4.69) is 34.2 Å². The summed E-state index contributed by atoms with van der Waals surface area (Å²) in [7, 11) is 1.66. The van der Waals surface area contributed by atoms with E-state index in [0.717, 1.165) is 23.2 Å². The van der Waals surface area contributed by atoms with Crippen molar-refractivity contribution in [3.05, 3.63) is 28.2 Å². The molecule has 1 atom stereocenters. The number of aliphatic hydroxyl groups is 1. The van der Waals surface area contributed by atoms with E-state index in [1.165, 1.54) is 5.56 Å². The van der Waals surface area contributed by atoms with Crippen LogP contribution in [0.15, 0.2) is 22.7 Å². The third-order valence-electron chi connectivity index (χ3n) is 2.66. The number of methoxy groups -OCH3 is 1. The van der Waals surface area contributed by atoms with Gasteiger partial charge in [-0.25, -0.2) is 0 Å². The lowest BCUT2D eigenvalue weighted by atomic mass is 10.2. The number of rotatable bonds is 6. The molecule has 0 aliphatic rings. The van der Waals surface area contributed by atoms with Crippen LogP contribution in [0.5, 0.6) is 5.75 Å². The summed E-state index contributed by atoms with van der Waals surface area (Å²) in [5, 5.41) is 11.2. The van der Waals surface area contributed by atoms with E-state index in [-0.39, 0.29) is 6.61 Å². The largest absolute Gasteiger partial charge is 0.496 e. The standard InChI is InChI=1S/C12H18BrNO2/c1-3-10(8-15)14-7-9-4-5-12(16-2)11(13)6-9/h4-6,10,14-15H,3,7-8H2,1-2H3/p+1/t10-/m1/s1. The number of ether oxygens (including phenoxy) is 1. The van der Waals surface area contributed by atoms with Gasteiger partial charge in [-0.05, 0) is 40.5 Å². The molecule has 0 heterocycles. The van der Waals surface area contributed by atoms with Gasteiger partial charge in [-0.2, -0.15) is 0 Å². The Morgan fingerprint density at radius 3 is 2.75 bits per heavy atom. The van der Waals surface area contributed by atoms with Crippen LogP contribution in [0.2, 0.25) is 0 Å². The maximum absolute atomic E-state index is 9.08. The van der Waals surface area contributed by atoms with Crippen LogP contribution in [0.3, 0.4) is 0 Å². The Bertz CT molecular complexity index is 327. The van der Waals surface area contributed by atoms with Crippen LogP contribution in [-0.2, 0) is 6.54 Å². The van der Waals surface area contributed by atoms with Gasteiger partial charge in [0.1, 0.15) is 18.3 Å². The molecule has 0 saturated carbocycles. The Labute approximate surface area is 105 Å². The van der Waals surface area contributed by atoms with Crippen LogP contribution in [-0.4, -0.2) is 24.9 Å². The van der Waals surface area contributed by atoms with Gasteiger partial charge in [0.25, 0.3) is 0 Å². The van der Waals surface area contributed by atoms with Crippen LogP contribution in [0.1, 0.15) is 18.9 Å². The van der Waals surface area contributed by atoms with Gasteiger partial charge < -0.3 is 15.2 Å². The topological polar surface area (TPSA) is 46.1 Å². The summed E-state index contributed by atoms with van der Waals surface area (Å²) < 4.78 is 6.14. The highest BCUT2D eigenvalue weighted by Gasteiger charge is 2.08. The predicted octanol–water partition coefficient (Wildman–Crippen LogP) is 1.29. The van der Waals surface area contributed by atoms with E-state index < -0.39 is 0 Å². The molecule has 1 aromatic carbocycles. The molecule has 0 aromatic heterocycles. The second kappa shape index (κ2) is 6.89. The van der Waals surface area contributed by atoms with Crippen LogP contribution in [0.25, 0.3) is 0 Å². The molecule has 0 aliphatic heterocycles. The van der Waals surface area contributed by atoms with Crippen molar-refractivity contribution in [3.8, 4) is 5.75 Å². The Balaban J connectivity index is 2.58. The van der Waals surface area contributed by atoms with Crippen LogP contribution < -0.4 is 10.1 Å². The number of halogens is 1. The van der Waals surface area contributed by atoms with Crippen LogP contribution in [0.4, 0.5) is 0 Å². The number of nitrogens with two attached hydrogens (primary N) is 1. The van der Waals surface area contributed by atoms with E-state index in [1.807, 2.05) is 12.1 Å². The molecule has 90 valence electrons. The maximum Gasteiger partial charge on any atom is 0.133 e. The molecule has 16 heavy (non-hydrogen) atoms. The summed E-state index contributed by atoms with van der Waals surface area (Å²) in [5.74, 6) is 0.845. The first-order valence-corrected chi connectivity index (χ1v) is 6.27. The number of quaternary nitrogens is 1. The van der Waals surface area contributed by atoms with Crippen molar-refractivity contribution >= 4 is 15.9 Å². The summed E-state index contributed by atoms with van der Waals surface area (Å²) in [6.07, 6.45) is 0.980. The molecule has 1 aromatic rings. The summed E-state index contributed by atoms with van der Waals surface area (Å²) in [6, 6.07) is 6.34. The highest BCUT2D eigenvalue weighted by atomic mass is 79.9.